The summed E-state index contributed by atoms with van der Waals surface area (Å²) in [5.41, 5.74) is -5.51. The minimum absolute atomic E-state index is 0.419. The fourth-order valence-corrected chi connectivity index (χ4v) is 2.18. The van der Waals surface area contributed by atoms with Gasteiger partial charge in [0.15, 0.2) is 10.0 Å². The van der Waals surface area contributed by atoms with E-state index in [4.69, 9.17) is 0 Å². The summed E-state index contributed by atoms with van der Waals surface area (Å²) >= 11 is 0. The highest BCUT2D eigenvalue weighted by Gasteiger charge is 2.40. The van der Waals surface area contributed by atoms with Crippen molar-refractivity contribution in [3.8, 4) is 0 Å². The van der Waals surface area contributed by atoms with E-state index in [1.165, 1.54) is 0 Å². The van der Waals surface area contributed by atoms with Crippen LogP contribution in [0.25, 0.3) is 4.72 Å². The molecule has 9 heteroatoms. The summed E-state index contributed by atoms with van der Waals surface area (Å²) in [5.74, 6) is 0. The minimum Gasteiger partial charge on any atom is -0.538 e. The second-order valence-corrected chi connectivity index (χ2v) is 5.21. The monoisotopic (exact) mass is 266 g/mol. The molecule has 1 aliphatic rings. The standard InChI is InChI=1S/C7H9F5NO2S/c8-4-1-5(9)3-6(2-4)13-16(14,15)7(10,11)12/h4-6H,1-3H2/q-1. The number of sulfonamides is 1. The molecular weight excluding hydrogens is 257 g/mol. The summed E-state index contributed by atoms with van der Waals surface area (Å²) in [6.07, 6.45) is -4.70. The molecule has 0 bridgehead atoms. The average Bonchev–Trinajstić information content (AvgIpc) is 1.97. The van der Waals surface area contributed by atoms with Gasteiger partial charge < -0.3 is 4.72 Å². The summed E-state index contributed by atoms with van der Waals surface area (Å²) in [6.45, 7) is 0. The van der Waals surface area contributed by atoms with Gasteiger partial charge in [-0.2, -0.15) is 13.2 Å². The van der Waals surface area contributed by atoms with Crippen molar-refractivity contribution >= 4 is 10.0 Å². The lowest BCUT2D eigenvalue weighted by atomic mass is 9.93. The quantitative estimate of drug-likeness (QED) is 0.721. The SMILES string of the molecule is O=S(=O)([N-]C1CC(F)CC(F)C1)C(F)(F)F. The molecule has 2 unspecified atom stereocenters. The summed E-state index contributed by atoms with van der Waals surface area (Å²) in [4.78, 5) is 0. The smallest absolute Gasteiger partial charge is 0.480 e. The van der Waals surface area contributed by atoms with E-state index >= 15 is 0 Å². The van der Waals surface area contributed by atoms with Crippen LogP contribution in [0.3, 0.4) is 0 Å². The Morgan fingerprint density at radius 1 is 1.00 bits per heavy atom. The zero-order chi connectivity index (χ0) is 12.6. The molecule has 0 radical (unpaired) electrons. The van der Waals surface area contributed by atoms with Crippen molar-refractivity contribution in [2.75, 3.05) is 0 Å². The Balaban J connectivity index is 2.68. The first-order valence-electron chi connectivity index (χ1n) is 4.43. The van der Waals surface area contributed by atoms with Crippen molar-refractivity contribution in [3.63, 3.8) is 0 Å². The Labute approximate surface area is 89.1 Å². The second-order valence-electron chi connectivity index (χ2n) is 3.58. The topological polar surface area (TPSA) is 48.2 Å². The molecule has 0 N–H and O–H groups in total. The molecule has 3 nitrogen and oxygen atoms in total. The van der Waals surface area contributed by atoms with E-state index in [1.54, 1.807) is 0 Å². The molecule has 1 rings (SSSR count). The van der Waals surface area contributed by atoms with E-state index in [0.29, 0.717) is 0 Å². The van der Waals surface area contributed by atoms with E-state index < -0.39 is 53.2 Å². The Bertz CT molecular complexity index is 331. The molecule has 0 aromatic carbocycles. The molecule has 0 saturated heterocycles. The summed E-state index contributed by atoms with van der Waals surface area (Å²) < 4.78 is 85.0. The van der Waals surface area contributed by atoms with Crippen LogP contribution < -0.4 is 0 Å². The second kappa shape index (κ2) is 4.44. The lowest BCUT2D eigenvalue weighted by Gasteiger charge is -2.37. The molecule has 0 heterocycles. The van der Waals surface area contributed by atoms with E-state index in [2.05, 4.69) is 4.72 Å². The first-order chi connectivity index (χ1) is 7.12. The Hall–Kier alpha value is -0.440. The van der Waals surface area contributed by atoms with Crippen molar-refractivity contribution in [1.82, 2.24) is 0 Å². The van der Waals surface area contributed by atoms with Gasteiger partial charge in [-0.05, 0) is 12.8 Å². The van der Waals surface area contributed by atoms with Crippen LogP contribution in [0.15, 0.2) is 0 Å². The van der Waals surface area contributed by atoms with Crippen LogP contribution in [0.5, 0.6) is 0 Å². The van der Waals surface area contributed by atoms with E-state index in [-0.39, 0.29) is 0 Å². The van der Waals surface area contributed by atoms with Gasteiger partial charge >= 0.3 is 5.51 Å². The first kappa shape index (κ1) is 13.6. The molecule has 1 saturated carbocycles. The maximum absolute atomic E-state index is 12.8. The fourth-order valence-electron chi connectivity index (χ4n) is 1.50. The normalized spacial score (nSPS) is 32.7. The zero-order valence-electron chi connectivity index (χ0n) is 7.92. The van der Waals surface area contributed by atoms with E-state index in [1.807, 2.05) is 0 Å². The Morgan fingerprint density at radius 2 is 1.44 bits per heavy atom. The van der Waals surface area contributed by atoms with Crippen LogP contribution in [-0.2, 0) is 10.0 Å². The van der Waals surface area contributed by atoms with Gasteiger partial charge in [-0.15, -0.1) is 6.04 Å². The van der Waals surface area contributed by atoms with Crippen molar-refractivity contribution in [2.24, 2.45) is 0 Å². The number of halogens is 5. The number of alkyl halides is 5. The molecule has 1 fully saturated rings. The third kappa shape index (κ3) is 3.27. The number of rotatable bonds is 2. The summed E-state index contributed by atoms with van der Waals surface area (Å²) in [6, 6.07) is -1.47. The highest BCUT2D eigenvalue weighted by molar-refractivity contribution is 7.94. The molecular formula is C7H9F5NO2S-. The van der Waals surface area contributed by atoms with Gasteiger partial charge in [0, 0.05) is 6.42 Å². The van der Waals surface area contributed by atoms with Crippen LogP contribution in [0, 0.1) is 0 Å². The first-order valence-corrected chi connectivity index (χ1v) is 5.87. The highest BCUT2D eigenvalue weighted by Crippen LogP contribution is 2.35. The number of hydrogen-bond acceptors (Lipinski definition) is 2. The Morgan fingerprint density at radius 3 is 1.81 bits per heavy atom. The van der Waals surface area contributed by atoms with Crippen LogP contribution in [0.4, 0.5) is 22.0 Å². The predicted octanol–water partition coefficient (Wildman–Crippen LogP) is 2.44. The van der Waals surface area contributed by atoms with Gasteiger partial charge in [0.2, 0.25) is 0 Å². The predicted molar refractivity (Wildman–Crippen MR) is 45.8 cm³/mol. The molecule has 0 aromatic heterocycles. The van der Waals surface area contributed by atoms with Crippen molar-refractivity contribution in [3.05, 3.63) is 4.72 Å². The van der Waals surface area contributed by atoms with Crippen LogP contribution in [0.2, 0.25) is 0 Å². The average molecular weight is 266 g/mol. The maximum Gasteiger partial charge on any atom is 0.480 e. The highest BCUT2D eigenvalue weighted by atomic mass is 32.2. The van der Waals surface area contributed by atoms with Gasteiger partial charge in [0.25, 0.3) is 0 Å². The van der Waals surface area contributed by atoms with Crippen LogP contribution >= 0.6 is 0 Å². The zero-order valence-corrected chi connectivity index (χ0v) is 8.73. The fraction of sp³-hybridized carbons (Fsp3) is 1.00. The minimum atomic E-state index is -5.65. The Kier molecular flexibility index (Phi) is 3.78. The molecule has 16 heavy (non-hydrogen) atoms. The summed E-state index contributed by atoms with van der Waals surface area (Å²) in [7, 11) is -5.65. The molecule has 2 atom stereocenters. The van der Waals surface area contributed by atoms with Gasteiger partial charge in [-0.25, -0.2) is 17.2 Å². The lowest BCUT2D eigenvalue weighted by molar-refractivity contribution is -0.0429. The van der Waals surface area contributed by atoms with Crippen molar-refractivity contribution in [1.29, 1.82) is 0 Å². The largest absolute Gasteiger partial charge is 0.538 e. The van der Waals surface area contributed by atoms with E-state index in [9.17, 15) is 30.4 Å². The van der Waals surface area contributed by atoms with Gasteiger partial charge in [0.05, 0.1) is 0 Å². The van der Waals surface area contributed by atoms with Crippen molar-refractivity contribution in [2.45, 2.75) is 43.2 Å². The third-order valence-corrected chi connectivity index (χ3v) is 3.31. The summed E-state index contributed by atoms with van der Waals surface area (Å²) in [5, 5.41) is 0. The van der Waals surface area contributed by atoms with Crippen LogP contribution in [0.1, 0.15) is 19.3 Å². The van der Waals surface area contributed by atoms with E-state index in [0.717, 1.165) is 0 Å². The number of nitrogens with zero attached hydrogens (tertiary/aromatic N) is 1. The third-order valence-electron chi connectivity index (χ3n) is 2.15. The molecule has 1 aliphatic carbocycles. The molecule has 0 aliphatic heterocycles. The van der Waals surface area contributed by atoms with Gasteiger partial charge in [0.1, 0.15) is 12.3 Å². The van der Waals surface area contributed by atoms with Gasteiger partial charge in [-0.1, -0.05) is 0 Å². The van der Waals surface area contributed by atoms with Crippen LogP contribution in [-0.4, -0.2) is 32.3 Å². The molecule has 96 valence electrons. The maximum atomic E-state index is 12.8. The number of hydrogen-bond donors (Lipinski definition) is 0. The molecule has 0 spiro atoms. The van der Waals surface area contributed by atoms with Gasteiger partial charge in [-0.3, -0.25) is 0 Å². The van der Waals surface area contributed by atoms with Crippen molar-refractivity contribution < 1.29 is 30.4 Å². The molecule has 0 amide bonds. The lowest BCUT2D eigenvalue weighted by Crippen LogP contribution is -2.32. The molecule has 0 aromatic rings.